The van der Waals surface area contributed by atoms with Gasteiger partial charge in [0.25, 0.3) is 0 Å². The number of hydrogen-bond acceptors (Lipinski definition) is 8. The first-order valence-corrected chi connectivity index (χ1v) is 10.00. The van der Waals surface area contributed by atoms with Gasteiger partial charge in [-0.15, -0.1) is 0 Å². The minimum absolute atomic E-state index is 0.127. The van der Waals surface area contributed by atoms with E-state index in [-0.39, 0.29) is 5.57 Å². The number of esters is 3. The van der Waals surface area contributed by atoms with Crippen molar-refractivity contribution in [2.45, 2.75) is 70.7 Å². The summed E-state index contributed by atoms with van der Waals surface area (Å²) in [5.74, 6) is -2.90. The molecule has 0 spiro atoms. The number of epoxide rings is 1. The summed E-state index contributed by atoms with van der Waals surface area (Å²) in [4.78, 5) is 36.6. The van der Waals surface area contributed by atoms with E-state index in [4.69, 9.17) is 18.9 Å². The minimum Gasteiger partial charge on any atom is -0.457 e. The van der Waals surface area contributed by atoms with Crippen LogP contribution in [0.25, 0.3) is 0 Å². The normalized spacial score (nSPS) is 42.1. The van der Waals surface area contributed by atoms with Crippen LogP contribution in [-0.4, -0.2) is 59.1 Å². The first-order valence-electron chi connectivity index (χ1n) is 10.00. The van der Waals surface area contributed by atoms with E-state index in [2.05, 4.69) is 6.58 Å². The number of fused-ring (bicyclic) bond motifs is 5. The highest BCUT2D eigenvalue weighted by molar-refractivity contribution is 5.91. The van der Waals surface area contributed by atoms with E-state index < -0.39 is 65.9 Å². The third-order valence-corrected chi connectivity index (χ3v) is 6.86. The lowest BCUT2D eigenvalue weighted by atomic mass is 9.80. The Morgan fingerprint density at radius 1 is 1.23 bits per heavy atom. The Kier molecular flexibility index (Phi) is 4.70. The van der Waals surface area contributed by atoms with Gasteiger partial charge in [0, 0.05) is 18.1 Å². The van der Waals surface area contributed by atoms with Gasteiger partial charge < -0.3 is 24.1 Å². The molecule has 0 aromatic rings. The van der Waals surface area contributed by atoms with E-state index in [0.29, 0.717) is 16.7 Å². The van der Waals surface area contributed by atoms with Gasteiger partial charge in [-0.25, -0.2) is 9.59 Å². The molecule has 2 aliphatic carbocycles. The summed E-state index contributed by atoms with van der Waals surface area (Å²) in [6.45, 7) is 12.1. The maximum atomic E-state index is 12.5. The van der Waals surface area contributed by atoms with Crippen LogP contribution < -0.4 is 0 Å². The third-order valence-electron chi connectivity index (χ3n) is 6.86. The Hall–Kier alpha value is -2.45. The summed E-state index contributed by atoms with van der Waals surface area (Å²) in [5, 5.41) is 11.2. The van der Waals surface area contributed by atoms with Gasteiger partial charge >= 0.3 is 17.9 Å². The van der Waals surface area contributed by atoms with Crippen LogP contribution in [0.2, 0.25) is 0 Å². The van der Waals surface area contributed by atoms with Gasteiger partial charge in [-0.1, -0.05) is 12.7 Å². The van der Waals surface area contributed by atoms with E-state index in [0.717, 1.165) is 0 Å². The number of aliphatic hydroxyl groups excluding tert-OH is 1. The van der Waals surface area contributed by atoms with Gasteiger partial charge in [0.1, 0.15) is 30.0 Å². The average molecular weight is 418 g/mol. The Labute approximate surface area is 174 Å². The van der Waals surface area contributed by atoms with Gasteiger partial charge in [-0.05, 0) is 38.8 Å². The van der Waals surface area contributed by atoms with Crippen LogP contribution in [0.5, 0.6) is 0 Å². The molecule has 1 saturated carbocycles. The standard InChI is InChI=1S/C22H26O8/c1-7-8(2)20(25)28-16-9(3)12-14(17-13(15(16)24)10(4)21(26)29-17)22(6)19(30-22)18(12)27-11(5)23/h7,13-19,24H,4H2,1-3,5-6H3. The van der Waals surface area contributed by atoms with Crippen LogP contribution in [-0.2, 0) is 33.3 Å². The number of carbonyl (C=O) groups excluding carboxylic acids is 3. The molecule has 30 heavy (non-hydrogen) atoms. The molecule has 3 fully saturated rings. The molecule has 4 rings (SSSR count). The molecule has 4 aliphatic rings. The number of carbonyl (C=O) groups is 3. The molecule has 8 nitrogen and oxygen atoms in total. The zero-order valence-electron chi connectivity index (χ0n) is 17.6. The van der Waals surface area contributed by atoms with Crippen LogP contribution in [0.3, 0.4) is 0 Å². The van der Waals surface area contributed by atoms with Crippen LogP contribution in [0, 0.1) is 11.8 Å². The van der Waals surface area contributed by atoms with Gasteiger partial charge in [0.15, 0.2) is 6.10 Å². The predicted octanol–water partition coefficient (Wildman–Crippen LogP) is 1.37. The summed E-state index contributed by atoms with van der Waals surface area (Å²) in [6, 6.07) is 0. The second kappa shape index (κ2) is 6.78. The van der Waals surface area contributed by atoms with Crippen molar-refractivity contribution >= 4 is 17.9 Å². The third kappa shape index (κ3) is 2.77. The smallest absolute Gasteiger partial charge is 0.334 e. The molecule has 0 aromatic heterocycles. The number of hydrogen-bond donors (Lipinski definition) is 1. The summed E-state index contributed by atoms with van der Waals surface area (Å²) in [5.41, 5.74) is 1.04. The lowest BCUT2D eigenvalue weighted by molar-refractivity contribution is -0.151. The molecule has 8 heteroatoms. The second-order valence-electron chi connectivity index (χ2n) is 8.58. The second-order valence-corrected chi connectivity index (χ2v) is 8.58. The summed E-state index contributed by atoms with van der Waals surface area (Å²) in [7, 11) is 0. The molecular formula is C22H26O8. The van der Waals surface area contributed by atoms with Crippen LogP contribution >= 0.6 is 0 Å². The highest BCUT2D eigenvalue weighted by Crippen LogP contribution is 2.63. The summed E-state index contributed by atoms with van der Waals surface area (Å²) >= 11 is 0. The minimum atomic E-state index is -1.25. The van der Waals surface area contributed by atoms with Crippen molar-refractivity contribution in [1.82, 2.24) is 0 Å². The van der Waals surface area contributed by atoms with Crippen LogP contribution in [0.4, 0.5) is 0 Å². The Balaban J connectivity index is 1.85. The lowest BCUT2D eigenvalue weighted by Gasteiger charge is -2.29. The molecule has 2 aliphatic heterocycles. The molecule has 0 aromatic carbocycles. The molecule has 2 saturated heterocycles. The number of allylic oxidation sites excluding steroid dienone is 1. The van der Waals surface area contributed by atoms with Crippen molar-refractivity contribution in [3.63, 3.8) is 0 Å². The van der Waals surface area contributed by atoms with E-state index in [1.54, 1.807) is 26.8 Å². The molecule has 1 N–H and O–H groups in total. The van der Waals surface area contributed by atoms with Crippen molar-refractivity contribution in [3.05, 3.63) is 34.9 Å². The SMILES string of the molecule is C=C1C(=O)OC2C1C(O)C(OC(=O)C(C)=CC)C(C)=C1C(OC(C)=O)C3OC3(C)C12. The Bertz CT molecular complexity index is 914. The highest BCUT2D eigenvalue weighted by Gasteiger charge is 2.75. The molecule has 8 unspecified atom stereocenters. The average Bonchev–Trinajstić information content (AvgIpc) is 3.22. The van der Waals surface area contributed by atoms with Gasteiger partial charge in [-0.3, -0.25) is 4.79 Å². The maximum Gasteiger partial charge on any atom is 0.334 e. The summed E-state index contributed by atoms with van der Waals surface area (Å²) < 4.78 is 22.8. The fraction of sp³-hybridized carbons (Fsp3) is 0.591. The molecule has 162 valence electrons. The number of rotatable bonds is 3. The maximum absolute atomic E-state index is 12.5. The zero-order valence-corrected chi connectivity index (χ0v) is 17.6. The molecule has 2 heterocycles. The van der Waals surface area contributed by atoms with Gasteiger partial charge in [0.2, 0.25) is 0 Å². The zero-order chi connectivity index (χ0) is 22.1. The first kappa shape index (κ1) is 20.8. The van der Waals surface area contributed by atoms with Gasteiger partial charge in [0.05, 0.1) is 11.8 Å². The predicted molar refractivity (Wildman–Crippen MR) is 103 cm³/mol. The molecule has 0 amide bonds. The van der Waals surface area contributed by atoms with E-state index in [1.165, 1.54) is 6.92 Å². The van der Waals surface area contributed by atoms with E-state index in [9.17, 15) is 19.5 Å². The van der Waals surface area contributed by atoms with E-state index in [1.807, 2.05) is 6.92 Å². The first-order chi connectivity index (χ1) is 14.0. The Morgan fingerprint density at radius 2 is 1.90 bits per heavy atom. The van der Waals surface area contributed by atoms with E-state index >= 15 is 0 Å². The van der Waals surface area contributed by atoms with Crippen molar-refractivity contribution < 1.29 is 38.4 Å². The van der Waals surface area contributed by atoms with Crippen molar-refractivity contribution in [2.75, 3.05) is 0 Å². The van der Waals surface area contributed by atoms with Gasteiger partial charge in [-0.2, -0.15) is 0 Å². The number of aliphatic hydroxyl groups is 1. The fourth-order valence-corrected chi connectivity index (χ4v) is 5.15. The molecular weight excluding hydrogens is 392 g/mol. The highest BCUT2D eigenvalue weighted by atomic mass is 16.7. The van der Waals surface area contributed by atoms with Crippen molar-refractivity contribution in [3.8, 4) is 0 Å². The summed E-state index contributed by atoms with van der Waals surface area (Å²) in [6.07, 6.45) is -2.55. The molecule has 0 bridgehead atoms. The quantitative estimate of drug-likeness (QED) is 0.241. The number of ether oxygens (including phenoxy) is 4. The Morgan fingerprint density at radius 3 is 2.50 bits per heavy atom. The van der Waals surface area contributed by atoms with Crippen molar-refractivity contribution in [2.24, 2.45) is 11.8 Å². The molecule has 0 radical (unpaired) electrons. The van der Waals surface area contributed by atoms with Crippen LogP contribution in [0.15, 0.2) is 34.9 Å². The lowest BCUT2D eigenvalue weighted by Crippen LogP contribution is -2.43. The largest absolute Gasteiger partial charge is 0.457 e. The van der Waals surface area contributed by atoms with Crippen molar-refractivity contribution in [1.29, 1.82) is 0 Å². The topological polar surface area (TPSA) is 112 Å². The molecule has 8 atom stereocenters. The fourth-order valence-electron chi connectivity index (χ4n) is 5.15. The monoisotopic (exact) mass is 418 g/mol. The van der Waals surface area contributed by atoms with Crippen LogP contribution in [0.1, 0.15) is 34.6 Å².